The van der Waals surface area contributed by atoms with Gasteiger partial charge in [0.2, 0.25) is 0 Å². The van der Waals surface area contributed by atoms with E-state index >= 15 is 0 Å². The molecule has 0 fully saturated rings. The summed E-state index contributed by atoms with van der Waals surface area (Å²) in [6.07, 6.45) is -1.83. The van der Waals surface area contributed by atoms with Crippen LogP contribution in [0.25, 0.3) is 0 Å². The summed E-state index contributed by atoms with van der Waals surface area (Å²) < 4.78 is 0. The first-order valence-corrected chi connectivity index (χ1v) is 0.651. The first-order chi connectivity index (χ1) is 1.73. The van der Waals surface area contributed by atoms with Gasteiger partial charge in [-0.15, -0.1) is 0 Å². The van der Waals surface area contributed by atoms with E-state index in [9.17, 15) is 0 Å². The van der Waals surface area contributed by atoms with E-state index < -0.39 is 6.16 Å². The third-order valence-electron chi connectivity index (χ3n) is 0. The molecule has 0 aliphatic rings. The van der Waals surface area contributed by atoms with Crippen molar-refractivity contribution in [3.8, 4) is 0 Å². The van der Waals surface area contributed by atoms with Gasteiger partial charge in [0, 0.05) is 0 Å². The zero-order chi connectivity index (χ0) is 3.58. The van der Waals surface area contributed by atoms with E-state index in [1.165, 1.54) is 0 Å². The Bertz CT molecular complexity index is 35.4. The zero-order valence-electron chi connectivity index (χ0n) is 2.80. The van der Waals surface area contributed by atoms with Crippen molar-refractivity contribution >= 4 is 53.1 Å². The normalized spacial score (nSPS) is 3.00. The zero-order valence-corrected chi connectivity index (χ0v) is 2.80. The molecule has 0 aliphatic carbocycles. The van der Waals surface area contributed by atoms with Crippen LogP contribution in [0.2, 0.25) is 0 Å². The van der Waals surface area contributed by atoms with E-state index in [1.54, 1.807) is 0 Å². The molecule has 0 aromatic heterocycles. The van der Waals surface area contributed by atoms with Crippen molar-refractivity contribution in [3.63, 3.8) is 0 Å². The molecule has 0 spiro atoms. The summed E-state index contributed by atoms with van der Waals surface area (Å²) in [6.45, 7) is 0. The van der Waals surface area contributed by atoms with Gasteiger partial charge in [-0.2, -0.15) is 0 Å². The Morgan fingerprint density at radius 2 is 1.12 bits per heavy atom. The van der Waals surface area contributed by atoms with Gasteiger partial charge in [0.05, 0.1) is 0 Å². The third kappa shape index (κ3) is 422. The van der Waals surface area contributed by atoms with Crippen LogP contribution in [-0.2, 0) is 0 Å². The van der Waals surface area contributed by atoms with Gasteiger partial charge in [-0.3, -0.25) is 0 Å². The molecule has 0 bridgehead atoms. The number of hydrogen-bond donors (Lipinski definition) is 2. The monoisotopic (exact) mass is 152 g/mol. The molecular weight excluding hydrogens is 142 g/mol. The average Bonchev–Trinajstić information content (AvgIpc) is 0.811. The Labute approximate surface area is 78.7 Å². The summed E-state index contributed by atoms with van der Waals surface area (Å²) in [6, 6.07) is 0. The molecule has 0 heterocycles. The molecule has 0 radical (unpaired) electrons. The van der Waals surface area contributed by atoms with Crippen molar-refractivity contribution in [2.45, 2.75) is 0 Å². The summed E-state index contributed by atoms with van der Waals surface area (Å²) in [5.74, 6) is 0. The van der Waals surface area contributed by atoms with Gasteiger partial charge < -0.3 is 21.2 Å². The molecule has 0 aromatic rings. The van der Waals surface area contributed by atoms with Gasteiger partial charge >= 0.3 is 35.7 Å². The number of carboxylic acid groups (broad SMARTS) is 2. The maximum atomic E-state index is 8.56. The van der Waals surface area contributed by atoms with Crippen LogP contribution in [0.5, 0.6) is 0 Å². The van der Waals surface area contributed by atoms with Gasteiger partial charge in [-0.25, -0.2) is 4.79 Å². The molecule has 6 N–H and O–H groups in total. The second-order valence-corrected chi connectivity index (χ2v) is 0.283. The molecule has 0 unspecified atom stereocenters. The quantitative estimate of drug-likeness (QED) is 0.354. The van der Waals surface area contributed by atoms with Crippen molar-refractivity contribution in [3.05, 3.63) is 0 Å². The van der Waals surface area contributed by atoms with E-state index in [1.807, 2.05) is 0 Å². The van der Waals surface area contributed by atoms with Crippen LogP contribution in [0.1, 0.15) is 0 Å². The van der Waals surface area contributed by atoms with Crippen LogP contribution in [0.15, 0.2) is 0 Å². The van der Waals surface area contributed by atoms with Gasteiger partial charge in [0.25, 0.3) is 0 Å². The predicted molar refractivity (Wildman–Crippen MR) is 35.0 cm³/mol. The summed E-state index contributed by atoms with van der Waals surface area (Å²) in [5.41, 5.74) is 0. The molecule has 0 saturated heterocycles. The van der Waals surface area contributed by atoms with Crippen molar-refractivity contribution in [1.29, 1.82) is 0 Å². The second-order valence-electron chi connectivity index (χ2n) is 0.283. The first-order valence-electron chi connectivity index (χ1n) is 0.651. The summed E-state index contributed by atoms with van der Waals surface area (Å²) >= 11 is 0. The van der Waals surface area contributed by atoms with Crippen LogP contribution in [0.3, 0.4) is 0 Å². The Hall–Kier alpha value is 0.722. The molecule has 48 valence electrons. The molecular formula is CH10AlNaO5. The van der Waals surface area contributed by atoms with E-state index in [2.05, 4.69) is 0 Å². The number of rotatable bonds is 0. The van der Waals surface area contributed by atoms with Crippen LogP contribution < -0.4 is 0 Å². The van der Waals surface area contributed by atoms with Crippen LogP contribution in [0.4, 0.5) is 4.79 Å². The Morgan fingerprint density at radius 3 is 1.12 bits per heavy atom. The fourth-order valence-electron chi connectivity index (χ4n) is 0. The molecule has 0 saturated carbocycles. The van der Waals surface area contributed by atoms with Crippen LogP contribution in [-0.4, -0.2) is 74.2 Å². The maximum absolute atomic E-state index is 8.56. The molecule has 0 rings (SSSR count). The van der Waals surface area contributed by atoms with Crippen molar-refractivity contribution in [1.82, 2.24) is 0 Å². The molecule has 8 heavy (non-hydrogen) atoms. The van der Waals surface area contributed by atoms with Gasteiger partial charge in [0.15, 0.2) is 17.4 Å². The van der Waals surface area contributed by atoms with E-state index in [0.29, 0.717) is 0 Å². The Kier molecular flexibility index (Phi) is 118. The van der Waals surface area contributed by atoms with E-state index in [4.69, 9.17) is 15.0 Å². The van der Waals surface area contributed by atoms with Crippen molar-refractivity contribution < 1.29 is 26.0 Å². The Balaban J connectivity index is -0.00000000750. The SMILES string of the molecule is O.O.O=C(O)O.[AlH3].[NaH]. The van der Waals surface area contributed by atoms with E-state index in [-0.39, 0.29) is 57.9 Å². The van der Waals surface area contributed by atoms with Gasteiger partial charge in [-0.1, -0.05) is 0 Å². The molecule has 0 aromatic carbocycles. The van der Waals surface area contributed by atoms with Crippen molar-refractivity contribution in [2.24, 2.45) is 0 Å². The van der Waals surface area contributed by atoms with Crippen LogP contribution in [0, 0.1) is 0 Å². The number of carbonyl (C=O) groups is 1. The standard InChI is InChI=1S/CH2O3.Al.Na.2H2O.4H/c2-1(3)4;;;;;;;;/h(H2,2,3,4);;;2*1H2;;;;. The van der Waals surface area contributed by atoms with Gasteiger partial charge in [0.1, 0.15) is 0 Å². The summed E-state index contributed by atoms with van der Waals surface area (Å²) in [4.78, 5) is 8.56. The fourth-order valence-corrected chi connectivity index (χ4v) is 0. The molecule has 5 nitrogen and oxygen atoms in total. The van der Waals surface area contributed by atoms with E-state index in [0.717, 1.165) is 0 Å². The average molecular weight is 152 g/mol. The van der Waals surface area contributed by atoms with Crippen molar-refractivity contribution in [2.75, 3.05) is 0 Å². The predicted octanol–water partition coefficient (Wildman–Crippen LogP) is -3.26. The minimum absolute atomic E-state index is 0. The summed E-state index contributed by atoms with van der Waals surface area (Å²) in [5, 5.41) is 13.9. The summed E-state index contributed by atoms with van der Waals surface area (Å²) in [7, 11) is 0. The fraction of sp³-hybridized carbons (Fsp3) is 0. The topological polar surface area (TPSA) is 121 Å². The first kappa shape index (κ1) is 37.5. The van der Waals surface area contributed by atoms with Crippen LogP contribution >= 0.6 is 0 Å². The molecule has 0 atom stereocenters. The Morgan fingerprint density at radius 1 is 1.12 bits per heavy atom. The molecule has 0 amide bonds. The third-order valence-corrected chi connectivity index (χ3v) is 0. The van der Waals surface area contributed by atoms with Gasteiger partial charge in [-0.05, 0) is 0 Å². The number of hydrogen-bond acceptors (Lipinski definition) is 1. The molecule has 0 aliphatic heterocycles. The second kappa shape index (κ2) is 25.2. The minimum atomic E-state index is -1.83. The molecule has 7 heteroatoms.